The number of aromatic nitrogens is 6. The Balaban J connectivity index is 1.41. The Kier molecular flexibility index (Phi) is 13.4. The van der Waals surface area contributed by atoms with Crippen LogP contribution in [-0.2, 0) is 32.5 Å². The highest BCUT2D eigenvalue weighted by Gasteiger charge is 2.20. The lowest BCUT2D eigenvalue weighted by molar-refractivity contribution is 0.340. The van der Waals surface area contributed by atoms with Crippen LogP contribution in [0.1, 0.15) is 67.8 Å². The number of fused-ring (bicyclic) bond motifs is 2. The number of imidazole rings is 2. The maximum atomic E-state index is 6.30. The van der Waals surface area contributed by atoms with Gasteiger partial charge in [0.15, 0.2) is 0 Å². The highest BCUT2D eigenvalue weighted by Crippen LogP contribution is 2.31. The van der Waals surface area contributed by atoms with Gasteiger partial charge in [0, 0.05) is 75.8 Å². The van der Waals surface area contributed by atoms with E-state index in [-0.39, 0.29) is 0 Å². The largest absolute Gasteiger partial charge is 0.399 e. The van der Waals surface area contributed by atoms with Gasteiger partial charge in [-0.2, -0.15) is 5.10 Å². The number of aryl methyl sites for hydroxylation is 3. The van der Waals surface area contributed by atoms with Crippen LogP contribution in [-0.4, -0.2) is 72.8 Å². The second-order valence-corrected chi connectivity index (χ2v) is 15.3. The van der Waals surface area contributed by atoms with Crippen LogP contribution in [0.2, 0.25) is 0 Å². The fraction of sp³-hybridized carbons (Fsp3) is 0.348. The van der Waals surface area contributed by atoms with Crippen LogP contribution < -0.4 is 27.4 Å². The van der Waals surface area contributed by atoms with Gasteiger partial charge in [0.2, 0.25) is 11.9 Å². The smallest absolute Gasteiger partial charge is 0.208 e. The van der Waals surface area contributed by atoms with E-state index in [9.17, 15) is 0 Å². The molecule has 0 spiro atoms. The summed E-state index contributed by atoms with van der Waals surface area (Å²) < 4.78 is 6.40. The Morgan fingerprint density at radius 1 is 0.864 bits per heavy atom. The third kappa shape index (κ3) is 9.59. The summed E-state index contributed by atoms with van der Waals surface area (Å²) in [5.74, 6) is 1.37. The average molecular weight is 796 g/mol. The zero-order chi connectivity index (χ0) is 42.4. The predicted octanol–water partition coefficient (Wildman–Crippen LogP) is 7.43. The van der Waals surface area contributed by atoms with Gasteiger partial charge in [0.25, 0.3) is 0 Å². The lowest BCUT2D eigenvalue weighted by Crippen LogP contribution is -2.24. The van der Waals surface area contributed by atoms with Crippen molar-refractivity contribution in [2.24, 2.45) is 16.5 Å². The van der Waals surface area contributed by atoms with Gasteiger partial charge in [-0.15, -0.1) is 0 Å². The molecule has 0 saturated carbocycles. The number of hydrogen-bond donors (Lipinski definition) is 5. The summed E-state index contributed by atoms with van der Waals surface area (Å²) in [5.41, 5.74) is 26.6. The lowest BCUT2D eigenvalue weighted by atomic mass is 10.0. The molecule has 7 N–H and O–H groups in total. The van der Waals surface area contributed by atoms with Gasteiger partial charge in [-0.25, -0.2) is 9.97 Å². The first-order chi connectivity index (χ1) is 28.3. The fourth-order valence-corrected chi connectivity index (χ4v) is 7.59. The van der Waals surface area contributed by atoms with Crippen LogP contribution in [0.5, 0.6) is 0 Å². The second kappa shape index (κ2) is 18.6. The molecule has 4 heterocycles. The summed E-state index contributed by atoms with van der Waals surface area (Å²) in [5, 5.41) is 15.2. The molecule has 0 atom stereocenters. The topological polar surface area (TPSA) is 157 Å². The molecule has 1 fully saturated rings. The van der Waals surface area contributed by atoms with E-state index < -0.39 is 0 Å². The molecule has 0 amide bonds. The van der Waals surface area contributed by atoms with Gasteiger partial charge < -0.3 is 36.6 Å². The molecule has 0 unspecified atom stereocenters. The highest BCUT2D eigenvalue weighted by molar-refractivity contribution is 5.94. The molecule has 1 aliphatic rings. The minimum absolute atomic E-state index is 0.511. The maximum Gasteiger partial charge on any atom is 0.208 e. The number of aliphatic imine (C=N–C) groups is 1. The van der Waals surface area contributed by atoms with Crippen molar-refractivity contribution >= 4 is 56.8 Å². The molecule has 0 aliphatic carbocycles. The third-order valence-corrected chi connectivity index (χ3v) is 10.8. The molecule has 13 heteroatoms. The van der Waals surface area contributed by atoms with Crippen molar-refractivity contribution < 1.29 is 0 Å². The lowest BCUT2D eigenvalue weighted by Gasteiger charge is -2.17. The zero-order valence-electron chi connectivity index (χ0n) is 35.8. The number of hydrogen-bond acceptors (Lipinski definition) is 10. The number of nitrogens with one attached hydrogen (secondary N) is 3. The summed E-state index contributed by atoms with van der Waals surface area (Å²) in [6.07, 6.45) is 9.04. The number of nitrogens with two attached hydrogens (primary N) is 2. The van der Waals surface area contributed by atoms with Crippen LogP contribution in [0.15, 0.2) is 91.1 Å². The van der Waals surface area contributed by atoms with E-state index in [1.165, 1.54) is 0 Å². The van der Waals surface area contributed by atoms with E-state index in [1.807, 2.05) is 49.7 Å². The van der Waals surface area contributed by atoms with Gasteiger partial charge >= 0.3 is 0 Å². The summed E-state index contributed by atoms with van der Waals surface area (Å²) >= 11 is 0. The number of anilines is 2. The Hall–Kier alpha value is -6.18. The van der Waals surface area contributed by atoms with E-state index in [0.29, 0.717) is 36.4 Å². The molecule has 310 valence electrons. The minimum atomic E-state index is 0.511. The Morgan fingerprint density at radius 3 is 1.98 bits per heavy atom. The first-order valence-corrected chi connectivity index (χ1v) is 20.4. The van der Waals surface area contributed by atoms with Crippen molar-refractivity contribution in [3.63, 3.8) is 0 Å². The van der Waals surface area contributed by atoms with E-state index in [0.717, 1.165) is 130 Å². The van der Waals surface area contributed by atoms with Crippen molar-refractivity contribution in [2.75, 3.05) is 44.0 Å². The second-order valence-electron chi connectivity index (χ2n) is 15.3. The molecule has 1 aliphatic heterocycles. The van der Waals surface area contributed by atoms with Gasteiger partial charge in [0.05, 0.1) is 39.2 Å². The molecular weight excluding hydrogens is 735 g/mol. The standard InChI is InChI=1S/C46H61N13/c1-11-15-36-24-38(32(6)47)26-40-43(36)57(46(54-40)52-35(9)42-23-31(5)55-59(42)12-2)18-13-14-19-58-44-37(16-20-56-21-17-50-28-56)25-39(33(7)48)27-41(44)53-45(58)51-34(8)29(3)22-30(4)49-10/h13-14,22-27,50H,6-9,11-12,15-21,28,47-48H2,1-5,10H3,(H,51,53)(H,52,54)/b14-13+,29-22+,49-30?. The average Bonchev–Trinajstić information content (AvgIpc) is 4.01. The molecule has 5 aromatic rings. The maximum absolute atomic E-state index is 6.30. The SMILES string of the molecule is C=C(Nc1nc2cc(C(=C)N)cc(CCN3CCNC3)c2n1C/C=C/Cn1c(NC(=C)c2cc(C)nn2CC)nc2cc(C(=C)N)cc(CCC)c21)/C(C)=C/C(C)=NC. The summed E-state index contributed by atoms with van der Waals surface area (Å²) in [7, 11) is 1.79. The molecule has 0 bridgehead atoms. The highest BCUT2D eigenvalue weighted by atomic mass is 15.3. The van der Waals surface area contributed by atoms with E-state index in [4.69, 9.17) is 21.4 Å². The number of nitrogens with zero attached hydrogens (tertiary/aromatic N) is 8. The molecule has 3 aromatic heterocycles. The van der Waals surface area contributed by atoms with E-state index in [1.54, 1.807) is 7.05 Å². The summed E-state index contributed by atoms with van der Waals surface area (Å²) in [4.78, 5) is 17.0. The quantitative estimate of drug-likeness (QED) is 0.0326. The van der Waals surface area contributed by atoms with Crippen molar-refractivity contribution in [2.45, 2.75) is 73.5 Å². The minimum Gasteiger partial charge on any atom is -0.399 e. The van der Waals surface area contributed by atoms with Crippen LogP contribution in [0.3, 0.4) is 0 Å². The summed E-state index contributed by atoms with van der Waals surface area (Å²) in [6.45, 7) is 32.7. The van der Waals surface area contributed by atoms with Crippen molar-refractivity contribution in [1.82, 2.24) is 39.1 Å². The normalized spacial score (nSPS) is 13.9. The van der Waals surface area contributed by atoms with Gasteiger partial charge in [-0.1, -0.05) is 51.8 Å². The molecule has 1 saturated heterocycles. The van der Waals surface area contributed by atoms with Gasteiger partial charge in [-0.05, 0) is 105 Å². The number of rotatable bonds is 19. The molecule has 13 nitrogen and oxygen atoms in total. The zero-order valence-corrected chi connectivity index (χ0v) is 35.8. The Labute approximate surface area is 348 Å². The van der Waals surface area contributed by atoms with Gasteiger partial charge in [-0.3, -0.25) is 14.6 Å². The molecule has 6 rings (SSSR count). The molecular formula is C46H61N13. The molecule has 59 heavy (non-hydrogen) atoms. The number of benzene rings is 2. The Morgan fingerprint density at radius 2 is 1.46 bits per heavy atom. The first-order valence-electron chi connectivity index (χ1n) is 20.4. The third-order valence-electron chi connectivity index (χ3n) is 10.8. The molecule has 2 aromatic carbocycles. The van der Waals surface area contributed by atoms with Crippen molar-refractivity contribution in [3.05, 3.63) is 120 Å². The number of allylic oxidation sites excluding steroid dienone is 4. The van der Waals surface area contributed by atoms with Gasteiger partial charge in [0.1, 0.15) is 0 Å². The first kappa shape index (κ1) is 42.4. The predicted molar refractivity (Wildman–Crippen MR) is 248 cm³/mol. The van der Waals surface area contributed by atoms with Crippen LogP contribution in [0.25, 0.3) is 39.2 Å². The van der Waals surface area contributed by atoms with Crippen molar-refractivity contribution in [3.8, 4) is 0 Å². The van der Waals surface area contributed by atoms with Crippen LogP contribution in [0.4, 0.5) is 11.9 Å². The van der Waals surface area contributed by atoms with Crippen LogP contribution in [0, 0.1) is 6.92 Å². The molecule has 0 radical (unpaired) electrons. The van der Waals surface area contributed by atoms with E-state index in [2.05, 4.69) is 105 Å². The van der Waals surface area contributed by atoms with E-state index >= 15 is 0 Å². The summed E-state index contributed by atoms with van der Waals surface area (Å²) in [6, 6.07) is 10.4. The monoisotopic (exact) mass is 796 g/mol. The van der Waals surface area contributed by atoms with Crippen LogP contribution >= 0.6 is 0 Å². The van der Waals surface area contributed by atoms with Crippen molar-refractivity contribution in [1.29, 1.82) is 0 Å². The Bertz CT molecular complexity index is 2490. The fourth-order valence-electron chi connectivity index (χ4n) is 7.59.